The molecular weight excluding hydrogens is 212 g/mol. The molecule has 1 aliphatic heterocycles. The molecule has 3 heteroatoms. The van der Waals surface area contributed by atoms with Crippen LogP contribution in [0.2, 0.25) is 0 Å². The van der Waals surface area contributed by atoms with E-state index in [0.29, 0.717) is 0 Å². The van der Waals surface area contributed by atoms with E-state index in [1.165, 1.54) is 38.6 Å². The van der Waals surface area contributed by atoms with Crippen molar-refractivity contribution in [1.82, 2.24) is 10.2 Å². The normalized spacial score (nSPS) is 32.3. The van der Waals surface area contributed by atoms with Crippen molar-refractivity contribution in [3.63, 3.8) is 0 Å². The Morgan fingerprint density at radius 3 is 2.76 bits per heavy atom. The largest absolute Gasteiger partial charge is 0.379 e. The molecule has 0 spiro atoms. The monoisotopic (exact) mass is 240 g/mol. The number of hydrogen-bond acceptors (Lipinski definition) is 3. The van der Waals surface area contributed by atoms with Crippen LogP contribution in [0.15, 0.2) is 0 Å². The molecule has 3 nitrogen and oxygen atoms in total. The minimum absolute atomic E-state index is 0.779. The predicted octanol–water partition coefficient (Wildman–Crippen LogP) is 1.88. The van der Waals surface area contributed by atoms with E-state index in [1.54, 1.807) is 0 Å². The molecule has 100 valence electrons. The van der Waals surface area contributed by atoms with E-state index in [2.05, 4.69) is 17.1 Å². The van der Waals surface area contributed by atoms with Crippen molar-refractivity contribution < 1.29 is 4.74 Å². The van der Waals surface area contributed by atoms with Gasteiger partial charge in [-0.3, -0.25) is 4.90 Å². The number of morpholine rings is 1. The van der Waals surface area contributed by atoms with Gasteiger partial charge in [0.2, 0.25) is 0 Å². The maximum absolute atomic E-state index is 5.36. The highest BCUT2D eigenvalue weighted by atomic mass is 16.5. The fraction of sp³-hybridized carbons (Fsp3) is 1.00. The highest BCUT2D eigenvalue weighted by Gasteiger charge is 2.16. The van der Waals surface area contributed by atoms with Crippen LogP contribution in [-0.4, -0.2) is 50.3 Å². The highest BCUT2D eigenvalue weighted by molar-refractivity contribution is 4.74. The zero-order valence-corrected chi connectivity index (χ0v) is 11.3. The number of rotatable bonds is 4. The average molecular weight is 240 g/mol. The first kappa shape index (κ1) is 13.3. The van der Waals surface area contributed by atoms with Crippen molar-refractivity contribution in [3.05, 3.63) is 0 Å². The molecule has 2 rings (SSSR count). The summed E-state index contributed by atoms with van der Waals surface area (Å²) in [5.74, 6) is 0.945. The molecule has 17 heavy (non-hydrogen) atoms. The van der Waals surface area contributed by atoms with Gasteiger partial charge >= 0.3 is 0 Å². The van der Waals surface area contributed by atoms with Crippen LogP contribution in [0.3, 0.4) is 0 Å². The van der Waals surface area contributed by atoms with Gasteiger partial charge in [-0.2, -0.15) is 0 Å². The second-order valence-corrected chi connectivity index (χ2v) is 5.72. The summed E-state index contributed by atoms with van der Waals surface area (Å²) in [6.45, 7) is 8.80. The van der Waals surface area contributed by atoms with Crippen molar-refractivity contribution in [2.75, 3.05) is 39.4 Å². The molecule has 0 amide bonds. The second-order valence-electron chi connectivity index (χ2n) is 5.72. The van der Waals surface area contributed by atoms with Gasteiger partial charge in [0.25, 0.3) is 0 Å². The van der Waals surface area contributed by atoms with E-state index in [4.69, 9.17) is 4.74 Å². The maximum atomic E-state index is 5.36. The average Bonchev–Trinajstić information content (AvgIpc) is 2.56. The van der Waals surface area contributed by atoms with Crippen molar-refractivity contribution in [1.29, 1.82) is 0 Å². The molecule has 0 radical (unpaired) electrons. The van der Waals surface area contributed by atoms with Gasteiger partial charge in [0, 0.05) is 32.2 Å². The topological polar surface area (TPSA) is 24.5 Å². The van der Waals surface area contributed by atoms with Gasteiger partial charge in [0.1, 0.15) is 0 Å². The Labute approximate surface area is 106 Å². The SMILES string of the molecule is CC1CCCC(NCCN2CCOCC2)CC1. The Balaban J connectivity index is 1.57. The summed E-state index contributed by atoms with van der Waals surface area (Å²) in [6.07, 6.45) is 7.02. The van der Waals surface area contributed by atoms with Gasteiger partial charge < -0.3 is 10.1 Å². The van der Waals surface area contributed by atoms with Crippen LogP contribution in [0.1, 0.15) is 39.0 Å². The summed E-state index contributed by atoms with van der Waals surface area (Å²) < 4.78 is 5.36. The van der Waals surface area contributed by atoms with E-state index in [9.17, 15) is 0 Å². The summed E-state index contributed by atoms with van der Waals surface area (Å²) in [4.78, 5) is 2.51. The summed E-state index contributed by atoms with van der Waals surface area (Å²) in [6, 6.07) is 0.779. The summed E-state index contributed by atoms with van der Waals surface area (Å²) >= 11 is 0. The van der Waals surface area contributed by atoms with Gasteiger partial charge in [0.15, 0.2) is 0 Å². The molecule has 1 aliphatic carbocycles. The standard InChI is InChI=1S/C14H28N2O/c1-13-3-2-4-14(6-5-13)15-7-8-16-9-11-17-12-10-16/h13-15H,2-12H2,1H3. The summed E-state index contributed by atoms with van der Waals surface area (Å²) in [5.41, 5.74) is 0. The predicted molar refractivity (Wildman–Crippen MR) is 71.3 cm³/mol. The van der Waals surface area contributed by atoms with Crippen LogP contribution in [0.25, 0.3) is 0 Å². The molecule has 0 aromatic rings. The Hall–Kier alpha value is -0.120. The molecule has 1 N–H and O–H groups in total. The molecular formula is C14H28N2O. The molecule has 2 fully saturated rings. The van der Waals surface area contributed by atoms with Crippen LogP contribution in [0, 0.1) is 5.92 Å². The minimum atomic E-state index is 0.779. The first-order valence-corrected chi connectivity index (χ1v) is 7.38. The molecule has 1 heterocycles. The number of nitrogens with zero attached hydrogens (tertiary/aromatic N) is 1. The second kappa shape index (κ2) is 7.34. The Bertz CT molecular complexity index is 204. The molecule has 2 unspecified atom stereocenters. The van der Waals surface area contributed by atoms with Crippen molar-refractivity contribution in [3.8, 4) is 0 Å². The Morgan fingerprint density at radius 2 is 1.94 bits per heavy atom. The lowest BCUT2D eigenvalue weighted by Gasteiger charge is -2.27. The number of nitrogens with one attached hydrogen (secondary N) is 1. The van der Waals surface area contributed by atoms with E-state index in [1.807, 2.05) is 0 Å². The molecule has 0 bridgehead atoms. The third-order valence-electron chi connectivity index (χ3n) is 4.22. The molecule has 1 saturated heterocycles. The number of ether oxygens (including phenoxy) is 1. The van der Waals surface area contributed by atoms with Gasteiger partial charge in [-0.15, -0.1) is 0 Å². The Kier molecular flexibility index (Phi) is 5.75. The van der Waals surface area contributed by atoms with E-state index in [0.717, 1.165) is 44.8 Å². The molecule has 2 atom stereocenters. The van der Waals surface area contributed by atoms with E-state index >= 15 is 0 Å². The minimum Gasteiger partial charge on any atom is -0.379 e. The van der Waals surface area contributed by atoms with E-state index in [-0.39, 0.29) is 0 Å². The molecule has 0 aromatic carbocycles. The van der Waals surface area contributed by atoms with Crippen LogP contribution < -0.4 is 5.32 Å². The molecule has 0 aromatic heterocycles. The summed E-state index contributed by atoms with van der Waals surface area (Å²) in [7, 11) is 0. The maximum Gasteiger partial charge on any atom is 0.0594 e. The third-order valence-corrected chi connectivity index (χ3v) is 4.22. The molecule has 2 aliphatic rings. The highest BCUT2D eigenvalue weighted by Crippen LogP contribution is 2.22. The van der Waals surface area contributed by atoms with Gasteiger partial charge in [-0.1, -0.05) is 19.8 Å². The van der Waals surface area contributed by atoms with Crippen LogP contribution >= 0.6 is 0 Å². The fourth-order valence-corrected chi connectivity index (χ4v) is 2.94. The third kappa shape index (κ3) is 4.94. The first-order chi connectivity index (χ1) is 8.34. The van der Waals surface area contributed by atoms with Crippen LogP contribution in [0.5, 0.6) is 0 Å². The quantitative estimate of drug-likeness (QED) is 0.759. The Morgan fingerprint density at radius 1 is 1.12 bits per heavy atom. The van der Waals surface area contributed by atoms with Crippen LogP contribution in [0.4, 0.5) is 0 Å². The van der Waals surface area contributed by atoms with Gasteiger partial charge in [0.05, 0.1) is 13.2 Å². The van der Waals surface area contributed by atoms with Crippen molar-refractivity contribution in [2.24, 2.45) is 5.92 Å². The number of hydrogen-bond donors (Lipinski definition) is 1. The fourth-order valence-electron chi connectivity index (χ4n) is 2.94. The van der Waals surface area contributed by atoms with Gasteiger partial charge in [-0.25, -0.2) is 0 Å². The summed E-state index contributed by atoms with van der Waals surface area (Å²) in [5, 5.41) is 3.75. The van der Waals surface area contributed by atoms with Gasteiger partial charge in [-0.05, 0) is 25.2 Å². The zero-order chi connectivity index (χ0) is 11.9. The lowest BCUT2D eigenvalue weighted by Crippen LogP contribution is -2.42. The lowest BCUT2D eigenvalue weighted by atomic mass is 10.0. The smallest absolute Gasteiger partial charge is 0.0594 e. The van der Waals surface area contributed by atoms with E-state index < -0.39 is 0 Å². The lowest BCUT2D eigenvalue weighted by molar-refractivity contribution is 0.0381. The molecule has 1 saturated carbocycles. The van der Waals surface area contributed by atoms with Crippen LogP contribution in [-0.2, 0) is 4.74 Å². The van der Waals surface area contributed by atoms with Crippen molar-refractivity contribution >= 4 is 0 Å². The van der Waals surface area contributed by atoms with Crippen molar-refractivity contribution in [2.45, 2.75) is 45.1 Å². The zero-order valence-electron chi connectivity index (χ0n) is 11.3. The first-order valence-electron chi connectivity index (χ1n) is 7.38.